The molecule has 2 rings (SSSR count). The maximum atomic E-state index is 12.6. The lowest BCUT2D eigenvalue weighted by Crippen LogP contribution is -2.37. The second-order valence-corrected chi connectivity index (χ2v) is 6.41. The van der Waals surface area contributed by atoms with E-state index in [1.54, 1.807) is 6.08 Å². The van der Waals surface area contributed by atoms with Crippen molar-refractivity contribution in [2.45, 2.75) is 40.4 Å². The minimum absolute atomic E-state index is 0.0206. The van der Waals surface area contributed by atoms with E-state index in [9.17, 15) is 5.21 Å². The normalized spacial score (nSPS) is 11.2. The van der Waals surface area contributed by atoms with Gasteiger partial charge in [-0.2, -0.15) is 4.73 Å². The van der Waals surface area contributed by atoms with Crippen molar-refractivity contribution < 1.29 is 14.2 Å². The summed E-state index contributed by atoms with van der Waals surface area (Å²) in [5.41, 5.74) is 1.79. The predicted octanol–water partition coefficient (Wildman–Crippen LogP) is 4.20. The lowest BCUT2D eigenvalue weighted by Gasteiger charge is -2.15. The van der Waals surface area contributed by atoms with Crippen molar-refractivity contribution in [1.82, 2.24) is 4.98 Å². The van der Waals surface area contributed by atoms with Crippen molar-refractivity contribution >= 4 is 11.6 Å². The summed E-state index contributed by atoms with van der Waals surface area (Å²) in [6.45, 7) is 6.32. The van der Waals surface area contributed by atoms with Crippen molar-refractivity contribution in [2.24, 2.45) is 5.92 Å². The van der Waals surface area contributed by atoms with Crippen LogP contribution in [-0.4, -0.2) is 4.98 Å². The van der Waals surface area contributed by atoms with E-state index < -0.39 is 0 Å². The summed E-state index contributed by atoms with van der Waals surface area (Å²) in [5.74, 6) is 0.568. The topological polar surface area (TPSA) is 58.3 Å². The first kappa shape index (κ1) is 19.1. The van der Waals surface area contributed by atoms with Crippen LogP contribution in [0, 0.1) is 11.1 Å². The van der Waals surface area contributed by atoms with Crippen molar-refractivity contribution in [3.8, 4) is 5.88 Å². The van der Waals surface area contributed by atoms with E-state index in [0.717, 1.165) is 5.56 Å². The third-order valence-electron chi connectivity index (χ3n) is 3.42. The highest BCUT2D eigenvalue weighted by atomic mass is 35.5. The molecule has 5 nitrogen and oxygen atoms in total. The molecule has 6 heteroatoms. The van der Waals surface area contributed by atoms with Crippen LogP contribution in [0.4, 0.5) is 0 Å². The summed E-state index contributed by atoms with van der Waals surface area (Å²) in [4.78, 5) is 4.44. The molecule has 134 valence electrons. The lowest BCUT2D eigenvalue weighted by atomic mass is 10.1. The molecule has 0 N–H and O–H groups in total. The third-order valence-corrected chi connectivity index (χ3v) is 3.79. The quantitative estimate of drug-likeness (QED) is 0.401. The largest absolute Gasteiger partial charge is 0.617 e. The number of aromatic nitrogens is 2. The summed E-state index contributed by atoms with van der Waals surface area (Å²) in [6, 6.07) is 9.73. The molecule has 0 aliphatic carbocycles. The van der Waals surface area contributed by atoms with Gasteiger partial charge in [-0.3, -0.25) is 0 Å². The van der Waals surface area contributed by atoms with Crippen LogP contribution < -0.4 is 9.47 Å². The summed E-state index contributed by atoms with van der Waals surface area (Å²) < 4.78 is 11.8. The molecular weight excluding hydrogens is 340 g/mol. The van der Waals surface area contributed by atoms with Crippen LogP contribution in [-0.2, 0) is 24.4 Å². The van der Waals surface area contributed by atoms with Gasteiger partial charge in [0.25, 0.3) is 11.6 Å². The Morgan fingerprint density at radius 2 is 1.96 bits per heavy atom. The molecule has 0 spiro atoms. The Bertz CT molecular complexity index is 718. The fraction of sp³-hybridized carbons (Fsp3) is 0.368. The average molecular weight is 363 g/mol. The van der Waals surface area contributed by atoms with Crippen LogP contribution in [0.25, 0.3) is 0 Å². The summed E-state index contributed by atoms with van der Waals surface area (Å²) in [5, 5.41) is 12.6. The van der Waals surface area contributed by atoms with Crippen LogP contribution in [0.15, 0.2) is 42.7 Å². The average Bonchev–Trinajstić information content (AvgIpc) is 2.60. The van der Waals surface area contributed by atoms with Gasteiger partial charge < -0.3 is 14.7 Å². The van der Waals surface area contributed by atoms with E-state index in [0.29, 0.717) is 35.0 Å². The van der Waals surface area contributed by atoms with Crippen LogP contribution in [0.2, 0.25) is 5.15 Å². The Balaban J connectivity index is 2.31. The molecule has 0 bridgehead atoms. The Morgan fingerprint density at radius 3 is 2.60 bits per heavy atom. The first-order chi connectivity index (χ1) is 12.0. The number of hydrogen-bond donors (Lipinski definition) is 0. The van der Waals surface area contributed by atoms with E-state index in [-0.39, 0.29) is 17.7 Å². The minimum atomic E-state index is 0.0206. The van der Waals surface area contributed by atoms with Gasteiger partial charge in [0, 0.05) is 6.42 Å². The molecule has 0 fully saturated rings. The third kappa shape index (κ3) is 5.36. The van der Waals surface area contributed by atoms with Gasteiger partial charge in [0.1, 0.15) is 13.2 Å². The fourth-order valence-corrected chi connectivity index (χ4v) is 2.47. The Hall–Kier alpha value is -2.27. The highest BCUT2D eigenvalue weighted by molar-refractivity contribution is 6.29. The van der Waals surface area contributed by atoms with E-state index in [1.165, 1.54) is 6.26 Å². The van der Waals surface area contributed by atoms with Gasteiger partial charge in [0.15, 0.2) is 5.69 Å². The van der Waals surface area contributed by atoms with Gasteiger partial charge in [-0.25, -0.2) is 4.98 Å². The Morgan fingerprint density at radius 1 is 1.24 bits per heavy atom. The molecule has 0 amide bonds. The fourth-order valence-electron chi connectivity index (χ4n) is 2.27. The van der Waals surface area contributed by atoms with Crippen LogP contribution in [0.1, 0.15) is 37.7 Å². The van der Waals surface area contributed by atoms with Crippen molar-refractivity contribution in [3.05, 3.63) is 70.0 Å². The van der Waals surface area contributed by atoms with Crippen molar-refractivity contribution in [2.75, 3.05) is 0 Å². The smallest absolute Gasteiger partial charge is 0.312 e. The standard InChI is InChI=1S/C19H23ClN2O3/c1-4-10-24-13-16-18(20)22(23)17(11-14(2)3)19(21-16)25-12-15-8-6-5-7-9-15/h4-10,14H,11-13H2,1-3H3/b10-4-. The molecule has 0 saturated heterocycles. The molecule has 1 aromatic carbocycles. The summed E-state index contributed by atoms with van der Waals surface area (Å²) in [7, 11) is 0. The first-order valence-corrected chi connectivity index (χ1v) is 8.61. The number of ether oxygens (including phenoxy) is 2. The first-order valence-electron chi connectivity index (χ1n) is 8.23. The monoisotopic (exact) mass is 362 g/mol. The van der Waals surface area contributed by atoms with E-state index in [1.807, 2.05) is 51.1 Å². The molecule has 0 saturated carbocycles. The summed E-state index contributed by atoms with van der Waals surface area (Å²) >= 11 is 6.18. The second kappa shape index (κ2) is 9.28. The number of benzene rings is 1. The number of rotatable bonds is 8. The Kier molecular flexibility index (Phi) is 7.07. The molecule has 1 heterocycles. The molecule has 2 aromatic rings. The SMILES string of the molecule is C/C=C\OCc1nc(OCc2ccccc2)c(CC(C)C)[n+]([O-])c1Cl. The maximum absolute atomic E-state index is 12.6. The van der Waals surface area contributed by atoms with Crippen LogP contribution in [0.3, 0.4) is 0 Å². The second-order valence-electron chi connectivity index (χ2n) is 6.05. The molecule has 0 aliphatic rings. The van der Waals surface area contributed by atoms with Gasteiger partial charge in [0.05, 0.1) is 6.26 Å². The number of halogens is 1. The number of allylic oxidation sites excluding steroid dienone is 1. The van der Waals surface area contributed by atoms with Gasteiger partial charge >= 0.3 is 5.15 Å². The number of hydrogen-bond acceptors (Lipinski definition) is 4. The molecule has 0 unspecified atom stereocenters. The summed E-state index contributed by atoms with van der Waals surface area (Å²) in [6.07, 6.45) is 3.80. The highest BCUT2D eigenvalue weighted by Gasteiger charge is 2.25. The zero-order valence-corrected chi connectivity index (χ0v) is 15.5. The number of nitrogens with zero attached hydrogens (tertiary/aromatic N) is 2. The van der Waals surface area contributed by atoms with Gasteiger partial charge in [-0.15, -0.1) is 0 Å². The lowest BCUT2D eigenvalue weighted by molar-refractivity contribution is -0.613. The minimum Gasteiger partial charge on any atom is -0.617 e. The van der Waals surface area contributed by atoms with E-state index in [2.05, 4.69) is 4.98 Å². The van der Waals surface area contributed by atoms with E-state index in [4.69, 9.17) is 21.1 Å². The van der Waals surface area contributed by atoms with Crippen molar-refractivity contribution in [3.63, 3.8) is 0 Å². The predicted molar refractivity (Wildman–Crippen MR) is 97.1 cm³/mol. The Labute approximate surface area is 153 Å². The maximum Gasteiger partial charge on any atom is 0.312 e. The molecule has 0 radical (unpaired) electrons. The van der Waals surface area contributed by atoms with Crippen LogP contribution in [0.5, 0.6) is 5.88 Å². The molecule has 25 heavy (non-hydrogen) atoms. The molecule has 1 aromatic heterocycles. The van der Waals surface area contributed by atoms with Gasteiger partial charge in [0.2, 0.25) is 0 Å². The zero-order chi connectivity index (χ0) is 18.2. The van der Waals surface area contributed by atoms with Gasteiger partial charge in [-0.1, -0.05) is 50.3 Å². The highest BCUT2D eigenvalue weighted by Crippen LogP contribution is 2.22. The molecular formula is C19H23ClN2O3. The zero-order valence-electron chi connectivity index (χ0n) is 14.7. The molecule has 0 atom stereocenters. The van der Waals surface area contributed by atoms with Gasteiger partial charge in [-0.05, 0) is 30.0 Å². The van der Waals surface area contributed by atoms with E-state index >= 15 is 0 Å². The van der Waals surface area contributed by atoms with Crippen LogP contribution >= 0.6 is 11.6 Å². The van der Waals surface area contributed by atoms with Crippen molar-refractivity contribution in [1.29, 1.82) is 0 Å². The molecule has 0 aliphatic heterocycles.